The molecule has 1 unspecified atom stereocenters. The molecule has 0 radical (unpaired) electrons. The largest absolute Gasteiger partial charge is 0.378 e. The van der Waals surface area contributed by atoms with Crippen molar-refractivity contribution in [2.45, 2.75) is 50.4 Å². The molecule has 0 saturated carbocycles. The highest BCUT2D eigenvalue weighted by atomic mass is 32.2. The Hall–Kier alpha value is -2.39. The van der Waals surface area contributed by atoms with Crippen LogP contribution in [0, 0.1) is 6.92 Å². The SMILES string of the molecule is CCCCc1noc(C(C)Sc2nnc(N3CCOCC3)n2-c2cccc(C)c2)n1. The van der Waals surface area contributed by atoms with Crippen LogP contribution in [0.4, 0.5) is 5.95 Å². The molecule has 1 atom stereocenters. The lowest BCUT2D eigenvalue weighted by atomic mass is 10.2. The number of ether oxygens (including phenoxy) is 1. The number of nitrogens with zero attached hydrogens (tertiary/aromatic N) is 6. The molecule has 0 bridgehead atoms. The van der Waals surface area contributed by atoms with Crippen LogP contribution in [0.25, 0.3) is 5.69 Å². The molecule has 2 aromatic heterocycles. The smallest absolute Gasteiger partial charge is 0.239 e. The Balaban J connectivity index is 1.62. The quantitative estimate of drug-likeness (QED) is 0.498. The number of rotatable bonds is 8. The van der Waals surface area contributed by atoms with Crippen LogP contribution in [0.1, 0.15) is 49.2 Å². The monoisotopic (exact) mass is 428 g/mol. The summed E-state index contributed by atoms with van der Waals surface area (Å²) in [6.07, 6.45) is 3.02. The minimum absolute atomic E-state index is 0.0295. The number of unbranched alkanes of at least 4 members (excludes halogenated alkanes) is 1. The van der Waals surface area contributed by atoms with Crippen molar-refractivity contribution in [1.29, 1.82) is 0 Å². The van der Waals surface area contributed by atoms with E-state index in [4.69, 9.17) is 9.26 Å². The van der Waals surface area contributed by atoms with Crippen LogP contribution in [0.15, 0.2) is 33.9 Å². The summed E-state index contributed by atoms with van der Waals surface area (Å²) in [5, 5.41) is 14.0. The normalized spacial score (nSPS) is 15.5. The lowest BCUT2D eigenvalue weighted by Crippen LogP contribution is -2.37. The van der Waals surface area contributed by atoms with Crippen molar-refractivity contribution in [3.8, 4) is 5.69 Å². The molecule has 1 saturated heterocycles. The predicted octanol–water partition coefficient (Wildman–Crippen LogP) is 3.99. The third-order valence-electron chi connectivity index (χ3n) is 5.04. The first-order valence-corrected chi connectivity index (χ1v) is 11.4. The second kappa shape index (κ2) is 9.61. The molecule has 9 heteroatoms. The minimum atomic E-state index is -0.0295. The zero-order valence-electron chi connectivity index (χ0n) is 17.7. The zero-order chi connectivity index (χ0) is 20.9. The molecular formula is C21H28N6O2S. The Labute approximate surface area is 181 Å². The van der Waals surface area contributed by atoms with Gasteiger partial charge in [-0.2, -0.15) is 4.98 Å². The number of thioether (sulfide) groups is 1. The van der Waals surface area contributed by atoms with Crippen LogP contribution >= 0.6 is 11.8 Å². The van der Waals surface area contributed by atoms with Crippen LogP contribution < -0.4 is 4.90 Å². The molecule has 0 amide bonds. The fourth-order valence-electron chi connectivity index (χ4n) is 3.38. The van der Waals surface area contributed by atoms with Gasteiger partial charge in [0.2, 0.25) is 11.8 Å². The summed E-state index contributed by atoms with van der Waals surface area (Å²) in [4.78, 5) is 6.80. The molecule has 1 aliphatic heterocycles. The van der Waals surface area contributed by atoms with Gasteiger partial charge in [-0.25, -0.2) is 0 Å². The van der Waals surface area contributed by atoms with Gasteiger partial charge < -0.3 is 14.2 Å². The molecule has 30 heavy (non-hydrogen) atoms. The van der Waals surface area contributed by atoms with Crippen LogP contribution in [0.3, 0.4) is 0 Å². The summed E-state index contributed by atoms with van der Waals surface area (Å²) in [5.74, 6) is 2.24. The first kappa shape index (κ1) is 20.9. The molecule has 4 rings (SSSR count). The van der Waals surface area contributed by atoms with Gasteiger partial charge in [-0.05, 0) is 38.0 Å². The van der Waals surface area contributed by atoms with E-state index in [0.29, 0.717) is 19.1 Å². The number of aromatic nitrogens is 5. The molecule has 3 heterocycles. The Kier molecular flexibility index (Phi) is 6.69. The van der Waals surface area contributed by atoms with E-state index < -0.39 is 0 Å². The molecule has 0 spiro atoms. The zero-order valence-corrected chi connectivity index (χ0v) is 18.6. The molecular weight excluding hydrogens is 400 g/mol. The number of hydrogen-bond donors (Lipinski definition) is 0. The summed E-state index contributed by atoms with van der Waals surface area (Å²) in [6.45, 7) is 9.30. The molecule has 160 valence electrons. The molecule has 3 aromatic rings. The standard InChI is InChI=1S/C21H28N6O2S/c1-4-5-9-18-22-19(29-25-18)16(3)30-21-24-23-20(26-10-12-28-13-11-26)27(21)17-8-6-7-15(2)14-17/h6-8,14,16H,4-5,9-13H2,1-3H3. The van der Waals surface area contributed by atoms with Gasteiger partial charge in [-0.3, -0.25) is 4.57 Å². The van der Waals surface area contributed by atoms with Gasteiger partial charge in [0.1, 0.15) is 0 Å². The third-order valence-corrected chi connectivity index (χ3v) is 6.07. The number of hydrogen-bond acceptors (Lipinski definition) is 8. The Morgan fingerprint density at radius 1 is 1.20 bits per heavy atom. The van der Waals surface area contributed by atoms with Gasteiger partial charge in [-0.1, -0.05) is 42.4 Å². The van der Waals surface area contributed by atoms with Gasteiger partial charge in [0.25, 0.3) is 0 Å². The molecule has 0 N–H and O–H groups in total. The van der Waals surface area contributed by atoms with Crippen molar-refractivity contribution in [2.24, 2.45) is 0 Å². The number of aryl methyl sites for hydroxylation is 2. The topological polar surface area (TPSA) is 82.1 Å². The second-order valence-corrected chi connectivity index (χ2v) is 8.78. The van der Waals surface area contributed by atoms with Crippen LogP contribution in [-0.2, 0) is 11.2 Å². The van der Waals surface area contributed by atoms with Gasteiger partial charge in [-0.15, -0.1) is 10.2 Å². The summed E-state index contributed by atoms with van der Waals surface area (Å²) >= 11 is 1.58. The van der Waals surface area contributed by atoms with Crippen molar-refractivity contribution < 1.29 is 9.26 Å². The summed E-state index contributed by atoms with van der Waals surface area (Å²) in [7, 11) is 0. The van der Waals surface area contributed by atoms with Gasteiger partial charge in [0.15, 0.2) is 11.0 Å². The maximum Gasteiger partial charge on any atom is 0.239 e. The van der Waals surface area contributed by atoms with Crippen LogP contribution in [-0.4, -0.2) is 51.2 Å². The van der Waals surface area contributed by atoms with Gasteiger partial charge in [0.05, 0.1) is 24.2 Å². The lowest BCUT2D eigenvalue weighted by Gasteiger charge is -2.28. The first-order valence-electron chi connectivity index (χ1n) is 10.5. The van der Waals surface area contributed by atoms with Crippen molar-refractivity contribution in [3.63, 3.8) is 0 Å². The van der Waals surface area contributed by atoms with Crippen molar-refractivity contribution >= 4 is 17.7 Å². The van der Waals surface area contributed by atoms with Crippen molar-refractivity contribution in [3.05, 3.63) is 41.5 Å². The molecule has 1 fully saturated rings. The Morgan fingerprint density at radius 3 is 2.80 bits per heavy atom. The molecule has 0 aliphatic carbocycles. The average molecular weight is 429 g/mol. The molecule has 8 nitrogen and oxygen atoms in total. The van der Waals surface area contributed by atoms with E-state index >= 15 is 0 Å². The fraction of sp³-hybridized carbons (Fsp3) is 0.524. The number of anilines is 1. The summed E-state index contributed by atoms with van der Waals surface area (Å²) in [5.41, 5.74) is 2.24. The first-order chi connectivity index (χ1) is 14.7. The number of benzene rings is 1. The van der Waals surface area contributed by atoms with E-state index in [2.05, 4.69) is 74.8 Å². The lowest BCUT2D eigenvalue weighted by molar-refractivity contribution is 0.122. The second-order valence-electron chi connectivity index (χ2n) is 7.47. The van der Waals surface area contributed by atoms with Crippen LogP contribution in [0.2, 0.25) is 0 Å². The molecule has 1 aromatic carbocycles. The average Bonchev–Trinajstić information content (AvgIpc) is 3.40. The predicted molar refractivity (Wildman–Crippen MR) is 116 cm³/mol. The summed E-state index contributed by atoms with van der Waals surface area (Å²) in [6, 6.07) is 8.39. The van der Waals surface area contributed by atoms with Gasteiger partial charge >= 0.3 is 0 Å². The third kappa shape index (κ3) is 4.67. The van der Waals surface area contributed by atoms with E-state index in [0.717, 1.165) is 55.0 Å². The molecule has 1 aliphatic rings. The minimum Gasteiger partial charge on any atom is -0.378 e. The summed E-state index contributed by atoms with van der Waals surface area (Å²) < 4.78 is 13.1. The van der Waals surface area contributed by atoms with E-state index in [1.807, 2.05) is 0 Å². The van der Waals surface area contributed by atoms with Crippen LogP contribution in [0.5, 0.6) is 0 Å². The van der Waals surface area contributed by atoms with Crippen molar-refractivity contribution in [1.82, 2.24) is 24.9 Å². The maximum atomic E-state index is 5.52. The highest BCUT2D eigenvalue weighted by molar-refractivity contribution is 7.99. The van der Waals surface area contributed by atoms with E-state index in [9.17, 15) is 0 Å². The Morgan fingerprint density at radius 2 is 2.03 bits per heavy atom. The maximum absolute atomic E-state index is 5.52. The fourth-order valence-corrected chi connectivity index (χ4v) is 4.27. The Bertz CT molecular complexity index is 966. The highest BCUT2D eigenvalue weighted by Gasteiger charge is 2.25. The van der Waals surface area contributed by atoms with E-state index in [1.165, 1.54) is 5.56 Å². The van der Waals surface area contributed by atoms with E-state index in [-0.39, 0.29) is 5.25 Å². The highest BCUT2D eigenvalue weighted by Crippen LogP contribution is 2.36. The number of morpholine rings is 1. The van der Waals surface area contributed by atoms with Crippen molar-refractivity contribution in [2.75, 3.05) is 31.2 Å². The van der Waals surface area contributed by atoms with E-state index in [1.54, 1.807) is 11.8 Å². The van der Waals surface area contributed by atoms with Gasteiger partial charge in [0, 0.05) is 19.5 Å².